The van der Waals surface area contributed by atoms with Crippen molar-refractivity contribution in [3.8, 4) is 22.5 Å². The molecule has 0 radical (unpaired) electrons. The molecule has 0 atom stereocenters. The van der Waals surface area contributed by atoms with Crippen molar-refractivity contribution in [1.29, 1.82) is 0 Å². The van der Waals surface area contributed by atoms with E-state index < -0.39 is 5.41 Å². The molecule has 15 rings (SSSR count). The second kappa shape index (κ2) is 18.7. The molecule has 2 aliphatic rings. The van der Waals surface area contributed by atoms with Gasteiger partial charge in [-0.25, -0.2) is 0 Å². The van der Waals surface area contributed by atoms with Gasteiger partial charge in [0.2, 0.25) is 0 Å². The SMILES string of the molecule is C=Cc1c(/C=C\C)n(-c2ccccc2)c2ccc(N(c3ccccc3)c3ccc4c(c3)C3(c5ccccc5Sc5ccccc53)c3cc(N(c5ccccc5)c5ccc6c(c5)c5ccccc5n6-c5ccccc5)ccc3-4)cc12. The fraction of sp³-hybridized carbons (Fsp3) is 0.0270. The maximum Gasteiger partial charge on any atom is 0.0736 e. The van der Waals surface area contributed by atoms with E-state index >= 15 is 0 Å². The molecule has 0 N–H and O–H groups in total. The predicted octanol–water partition coefficient (Wildman–Crippen LogP) is 20.2. The number of para-hydroxylation sites is 5. The first-order chi connectivity index (χ1) is 39.1. The minimum absolute atomic E-state index is 0.666. The summed E-state index contributed by atoms with van der Waals surface area (Å²) < 4.78 is 4.74. The average molecular weight is 1030 g/mol. The molecule has 5 heteroatoms. The Labute approximate surface area is 464 Å². The van der Waals surface area contributed by atoms with Crippen molar-refractivity contribution in [1.82, 2.24) is 9.13 Å². The number of rotatable bonds is 10. The number of allylic oxidation sites excluding steroid dienone is 1. The molecule has 2 aromatic heterocycles. The molecule has 13 aromatic rings. The Morgan fingerprint density at radius 2 is 0.810 bits per heavy atom. The third-order valence-corrected chi connectivity index (χ3v) is 17.4. The van der Waals surface area contributed by atoms with Crippen LogP contribution in [0.1, 0.15) is 40.4 Å². The lowest BCUT2D eigenvalue weighted by Crippen LogP contribution is -2.32. The van der Waals surface area contributed by atoms with Crippen LogP contribution >= 0.6 is 11.8 Å². The molecule has 4 nitrogen and oxygen atoms in total. The molecule has 11 aromatic carbocycles. The van der Waals surface area contributed by atoms with Gasteiger partial charge in [-0.2, -0.15) is 0 Å². The molecule has 0 saturated heterocycles. The van der Waals surface area contributed by atoms with Crippen LogP contribution in [0.5, 0.6) is 0 Å². The number of aromatic nitrogens is 2. The van der Waals surface area contributed by atoms with Crippen LogP contribution in [0, 0.1) is 0 Å². The Bertz CT molecular complexity index is 4510. The van der Waals surface area contributed by atoms with E-state index in [0.29, 0.717) is 0 Å². The van der Waals surface area contributed by atoms with E-state index in [4.69, 9.17) is 0 Å². The molecule has 0 bridgehead atoms. The van der Waals surface area contributed by atoms with Crippen molar-refractivity contribution < 1.29 is 0 Å². The van der Waals surface area contributed by atoms with Crippen molar-refractivity contribution in [2.45, 2.75) is 22.1 Å². The van der Waals surface area contributed by atoms with Gasteiger partial charge in [-0.3, -0.25) is 0 Å². The molecule has 374 valence electrons. The van der Waals surface area contributed by atoms with Gasteiger partial charge in [-0.15, -0.1) is 0 Å². The Hall–Kier alpha value is -9.81. The van der Waals surface area contributed by atoms with Crippen LogP contribution in [0.4, 0.5) is 34.1 Å². The molecule has 79 heavy (non-hydrogen) atoms. The first-order valence-corrected chi connectivity index (χ1v) is 27.9. The van der Waals surface area contributed by atoms with Crippen LogP contribution in [0.25, 0.3) is 67.4 Å². The summed E-state index contributed by atoms with van der Waals surface area (Å²) in [6, 6.07) is 98.4. The first kappa shape index (κ1) is 46.5. The zero-order valence-electron chi connectivity index (χ0n) is 43.5. The second-order valence-corrected chi connectivity index (χ2v) is 21.5. The molecular formula is C74H52N4S. The van der Waals surface area contributed by atoms with Crippen molar-refractivity contribution >= 4 is 90.7 Å². The van der Waals surface area contributed by atoms with Gasteiger partial charge >= 0.3 is 0 Å². The van der Waals surface area contributed by atoms with Gasteiger partial charge in [-0.1, -0.05) is 170 Å². The van der Waals surface area contributed by atoms with Crippen LogP contribution in [-0.2, 0) is 5.41 Å². The van der Waals surface area contributed by atoms with Crippen molar-refractivity contribution in [3.05, 3.63) is 313 Å². The lowest BCUT2D eigenvalue weighted by Gasteiger charge is -2.40. The summed E-state index contributed by atoms with van der Waals surface area (Å²) in [5.74, 6) is 0. The molecule has 1 aliphatic carbocycles. The number of benzene rings is 11. The quantitative estimate of drug-likeness (QED) is 0.136. The van der Waals surface area contributed by atoms with E-state index in [-0.39, 0.29) is 0 Å². The van der Waals surface area contributed by atoms with Gasteiger partial charge in [0.25, 0.3) is 0 Å². The fourth-order valence-corrected chi connectivity index (χ4v) is 14.2. The maximum atomic E-state index is 4.39. The average Bonchev–Trinajstić information content (AvgIpc) is 4.34. The highest BCUT2D eigenvalue weighted by molar-refractivity contribution is 7.99. The molecule has 0 fully saturated rings. The molecule has 1 spiro atoms. The summed E-state index contributed by atoms with van der Waals surface area (Å²) in [5.41, 5.74) is 21.3. The maximum absolute atomic E-state index is 4.39. The summed E-state index contributed by atoms with van der Waals surface area (Å²) in [6.45, 7) is 6.46. The van der Waals surface area contributed by atoms with Gasteiger partial charge in [0.05, 0.1) is 27.7 Å². The van der Waals surface area contributed by atoms with E-state index in [1.165, 1.54) is 65.0 Å². The van der Waals surface area contributed by atoms with Gasteiger partial charge in [0.1, 0.15) is 0 Å². The highest BCUT2D eigenvalue weighted by atomic mass is 32.2. The highest BCUT2D eigenvalue weighted by Gasteiger charge is 2.51. The van der Waals surface area contributed by atoms with Crippen LogP contribution in [-0.4, -0.2) is 9.13 Å². The smallest absolute Gasteiger partial charge is 0.0736 e. The van der Waals surface area contributed by atoms with E-state index in [1.54, 1.807) is 0 Å². The fourth-order valence-electron chi connectivity index (χ4n) is 13.0. The van der Waals surface area contributed by atoms with Crippen LogP contribution < -0.4 is 9.80 Å². The minimum atomic E-state index is -0.666. The third-order valence-electron chi connectivity index (χ3n) is 16.2. The van der Waals surface area contributed by atoms with E-state index in [2.05, 4.69) is 312 Å². The highest BCUT2D eigenvalue weighted by Crippen LogP contribution is 2.63. The lowest BCUT2D eigenvalue weighted by molar-refractivity contribution is 0.722. The van der Waals surface area contributed by atoms with Gasteiger partial charge in [0, 0.05) is 77.0 Å². The van der Waals surface area contributed by atoms with E-state index in [9.17, 15) is 0 Å². The molecule has 3 heterocycles. The Morgan fingerprint density at radius 1 is 0.380 bits per heavy atom. The van der Waals surface area contributed by atoms with Gasteiger partial charge in [-0.05, 0) is 174 Å². The van der Waals surface area contributed by atoms with Crippen molar-refractivity contribution in [2.75, 3.05) is 9.80 Å². The molecular weight excluding hydrogens is 977 g/mol. The van der Waals surface area contributed by atoms with Gasteiger partial charge in [0.15, 0.2) is 0 Å². The third kappa shape index (κ3) is 7.17. The number of hydrogen-bond acceptors (Lipinski definition) is 3. The number of anilines is 6. The summed E-state index contributed by atoms with van der Waals surface area (Å²) in [4.78, 5) is 7.40. The topological polar surface area (TPSA) is 16.3 Å². The van der Waals surface area contributed by atoms with E-state index in [1.807, 2.05) is 17.8 Å². The minimum Gasteiger partial charge on any atom is -0.310 e. The van der Waals surface area contributed by atoms with Crippen LogP contribution in [0.3, 0.4) is 0 Å². The molecule has 0 saturated carbocycles. The van der Waals surface area contributed by atoms with Crippen LogP contribution in [0.15, 0.2) is 289 Å². The largest absolute Gasteiger partial charge is 0.310 e. The van der Waals surface area contributed by atoms with E-state index in [0.717, 1.165) is 67.7 Å². The lowest BCUT2D eigenvalue weighted by atomic mass is 9.67. The summed E-state index contributed by atoms with van der Waals surface area (Å²) in [7, 11) is 0. The standard InChI is InChI=1S/C74H52N4S/c1-3-23-68-58(4-2)62-46-54(40-44-70(62)77(68)52-28-13-7-14-29-52)75(50-24-9-5-10-25-50)56-38-42-59-60-43-39-57(49-67(60)74(66(59)48-56)64-33-18-21-36-72(64)79-73-37-22-19-34-65(73)74)76(51-26-11-6-12-27-51)55-41-45-71-63(47-55)61-32-17-20-35-69(61)78(71)53-30-15-8-16-31-53/h3-49H,2H2,1H3/b23-3-. The Morgan fingerprint density at radius 3 is 1.35 bits per heavy atom. The molecule has 0 unspecified atom stereocenters. The summed E-state index contributed by atoms with van der Waals surface area (Å²) in [6.07, 6.45) is 6.32. The molecule has 1 aliphatic heterocycles. The first-order valence-electron chi connectivity index (χ1n) is 27.1. The number of nitrogens with zero attached hydrogens (tertiary/aromatic N) is 4. The normalized spacial score (nSPS) is 12.9. The number of fused-ring (bicyclic) bond motifs is 13. The summed E-state index contributed by atoms with van der Waals surface area (Å²) >= 11 is 1.88. The van der Waals surface area contributed by atoms with Crippen molar-refractivity contribution in [3.63, 3.8) is 0 Å². The number of hydrogen-bond donors (Lipinski definition) is 0. The van der Waals surface area contributed by atoms with Gasteiger partial charge < -0.3 is 18.9 Å². The summed E-state index contributed by atoms with van der Waals surface area (Å²) in [5, 5.41) is 3.56. The molecule has 0 amide bonds. The Balaban J connectivity index is 0.956. The second-order valence-electron chi connectivity index (χ2n) is 20.4. The zero-order chi connectivity index (χ0) is 52.6. The Kier molecular flexibility index (Phi) is 11.0. The predicted molar refractivity (Wildman–Crippen MR) is 333 cm³/mol. The van der Waals surface area contributed by atoms with Crippen molar-refractivity contribution in [2.24, 2.45) is 0 Å². The van der Waals surface area contributed by atoms with Crippen LogP contribution in [0.2, 0.25) is 0 Å². The zero-order valence-corrected chi connectivity index (χ0v) is 44.4. The monoisotopic (exact) mass is 1030 g/mol.